The summed E-state index contributed by atoms with van der Waals surface area (Å²) in [6.07, 6.45) is 4.22. The Morgan fingerprint density at radius 2 is 1.88 bits per heavy atom. The fourth-order valence-electron chi connectivity index (χ4n) is 2.60. The lowest BCUT2D eigenvalue weighted by Crippen LogP contribution is -2.23. The zero-order valence-electron chi connectivity index (χ0n) is 15.6. The largest absolute Gasteiger partial charge is 0.494 e. The summed E-state index contributed by atoms with van der Waals surface area (Å²) in [4.78, 5) is 25.9. The molecule has 6 nitrogen and oxygen atoms in total. The molecule has 0 saturated heterocycles. The number of nitrogens with zero attached hydrogens (tertiary/aromatic N) is 1. The van der Waals surface area contributed by atoms with Gasteiger partial charge in [-0.1, -0.05) is 12.8 Å². The van der Waals surface area contributed by atoms with Crippen molar-refractivity contribution in [3.8, 4) is 5.75 Å². The summed E-state index contributed by atoms with van der Waals surface area (Å²) >= 11 is 0. The van der Waals surface area contributed by atoms with Gasteiger partial charge in [0.2, 0.25) is 0 Å². The average molecular weight is 348 g/mol. The molecular weight excluding hydrogens is 320 g/mol. The van der Waals surface area contributed by atoms with Crippen LogP contribution in [0.15, 0.2) is 23.0 Å². The minimum Gasteiger partial charge on any atom is -0.494 e. The van der Waals surface area contributed by atoms with E-state index in [1.54, 1.807) is 11.6 Å². The summed E-state index contributed by atoms with van der Waals surface area (Å²) in [7, 11) is 1.73. The molecule has 0 saturated carbocycles. The minimum atomic E-state index is -0.408. The molecule has 0 radical (unpaired) electrons. The lowest BCUT2D eigenvalue weighted by molar-refractivity contribution is -0.154. The number of esters is 1. The molecule has 0 atom stereocenters. The standard InChI is InChI=1S/C19H28N2O4/c1-19(2,3)25-17(22)9-7-5-6-8-12-24-14-10-11-15-16(13-14)21(4)18(23)20-15/h10-11,13H,5-9,12H2,1-4H3,(H,20,23). The van der Waals surface area contributed by atoms with Crippen LogP contribution in [0.3, 0.4) is 0 Å². The van der Waals surface area contributed by atoms with Gasteiger partial charge in [-0.25, -0.2) is 4.79 Å². The number of nitrogens with one attached hydrogen (secondary N) is 1. The van der Waals surface area contributed by atoms with E-state index in [1.165, 1.54) is 0 Å². The fraction of sp³-hybridized carbons (Fsp3) is 0.579. The Morgan fingerprint density at radius 3 is 2.60 bits per heavy atom. The Hall–Kier alpha value is -2.24. The maximum atomic E-state index is 11.6. The zero-order chi connectivity index (χ0) is 18.4. The molecule has 25 heavy (non-hydrogen) atoms. The van der Waals surface area contributed by atoms with E-state index in [-0.39, 0.29) is 11.7 Å². The van der Waals surface area contributed by atoms with E-state index in [2.05, 4.69) is 4.98 Å². The number of H-pyrrole nitrogens is 1. The van der Waals surface area contributed by atoms with E-state index in [1.807, 2.05) is 39.0 Å². The molecule has 1 N–H and O–H groups in total. The highest BCUT2D eigenvalue weighted by molar-refractivity contribution is 5.76. The second-order valence-corrected chi connectivity index (χ2v) is 7.27. The van der Waals surface area contributed by atoms with Gasteiger partial charge >= 0.3 is 11.7 Å². The fourth-order valence-corrected chi connectivity index (χ4v) is 2.60. The summed E-state index contributed by atoms with van der Waals surface area (Å²) in [6, 6.07) is 5.59. The number of imidazole rings is 1. The van der Waals surface area contributed by atoms with Crippen molar-refractivity contribution < 1.29 is 14.3 Å². The van der Waals surface area contributed by atoms with Crippen LogP contribution in [0.25, 0.3) is 11.0 Å². The highest BCUT2D eigenvalue weighted by atomic mass is 16.6. The molecule has 2 rings (SSSR count). The van der Waals surface area contributed by atoms with Crippen LogP contribution in [0.5, 0.6) is 5.75 Å². The predicted molar refractivity (Wildman–Crippen MR) is 98.0 cm³/mol. The SMILES string of the molecule is Cn1c(=O)[nH]c2ccc(OCCCCCCC(=O)OC(C)(C)C)cc21. The average Bonchev–Trinajstić information content (AvgIpc) is 2.79. The number of aromatic amines is 1. The van der Waals surface area contributed by atoms with Gasteiger partial charge in [-0.15, -0.1) is 0 Å². The first-order valence-corrected chi connectivity index (χ1v) is 8.80. The minimum absolute atomic E-state index is 0.128. The van der Waals surface area contributed by atoms with Crippen LogP contribution in [0, 0.1) is 0 Å². The molecule has 0 amide bonds. The summed E-state index contributed by atoms with van der Waals surface area (Å²) in [6.45, 7) is 6.26. The van der Waals surface area contributed by atoms with E-state index in [4.69, 9.17) is 9.47 Å². The molecule has 1 aromatic heterocycles. The second kappa shape index (κ2) is 8.23. The number of benzene rings is 1. The van der Waals surface area contributed by atoms with Gasteiger partial charge in [-0.3, -0.25) is 9.36 Å². The normalized spacial score (nSPS) is 11.7. The topological polar surface area (TPSA) is 73.3 Å². The van der Waals surface area contributed by atoms with Crippen molar-refractivity contribution in [2.75, 3.05) is 6.61 Å². The highest BCUT2D eigenvalue weighted by Gasteiger charge is 2.15. The molecule has 138 valence electrons. The van der Waals surface area contributed by atoms with Gasteiger partial charge in [-0.05, 0) is 45.7 Å². The van der Waals surface area contributed by atoms with Crippen LogP contribution >= 0.6 is 0 Å². The van der Waals surface area contributed by atoms with Crippen molar-refractivity contribution >= 4 is 17.0 Å². The van der Waals surface area contributed by atoms with Crippen LogP contribution in [0.4, 0.5) is 0 Å². The van der Waals surface area contributed by atoms with Crippen LogP contribution in [-0.4, -0.2) is 27.7 Å². The molecule has 0 spiro atoms. The molecule has 0 unspecified atom stereocenters. The summed E-state index contributed by atoms with van der Waals surface area (Å²) in [5.41, 5.74) is 1.11. The number of carbonyl (C=O) groups is 1. The first-order chi connectivity index (χ1) is 11.8. The van der Waals surface area contributed by atoms with E-state index in [9.17, 15) is 9.59 Å². The molecule has 2 aromatic rings. The van der Waals surface area contributed by atoms with E-state index in [0.29, 0.717) is 13.0 Å². The van der Waals surface area contributed by atoms with Crippen molar-refractivity contribution in [1.82, 2.24) is 9.55 Å². The number of fused-ring (bicyclic) bond motifs is 1. The Bertz CT molecular complexity index is 768. The Morgan fingerprint density at radius 1 is 1.16 bits per heavy atom. The van der Waals surface area contributed by atoms with Crippen molar-refractivity contribution in [2.24, 2.45) is 7.05 Å². The van der Waals surface area contributed by atoms with Crippen LogP contribution < -0.4 is 10.4 Å². The summed E-state index contributed by atoms with van der Waals surface area (Å²) in [5.74, 6) is 0.630. The number of aryl methyl sites for hydroxylation is 1. The van der Waals surface area contributed by atoms with Crippen LogP contribution in [-0.2, 0) is 16.6 Å². The van der Waals surface area contributed by atoms with Crippen molar-refractivity contribution in [3.05, 3.63) is 28.7 Å². The third kappa shape index (κ3) is 5.96. The smallest absolute Gasteiger partial charge is 0.326 e. The van der Waals surface area contributed by atoms with Gasteiger partial charge in [0.1, 0.15) is 11.4 Å². The predicted octanol–water partition coefficient (Wildman–Crippen LogP) is 3.54. The van der Waals surface area contributed by atoms with Gasteiger partial charge in [0.25, 0.3) is 0 Å². The van der Waals surface area contributed by atoms with E-state index < -0.39 is 5.60 Å². The van der Waals surface area contributed by atoms with Gasteiger partial charge in [0.15, 0.2) is 0 Å². The van der Waals surface area contributed by atoms with Crippen molar-refractivity contribution in [3.63, 3.8) is 0 Å². The Kier molecular flexibility index (Phi) is 6.28. The van der Waals surface area contributed by atoms with Gasteiger partial charge in [0, 0.05) is 19.5 Å². The number of aromatic nitrogens is 2. The molecule has 6 heteroatoms. The monoisotopic (exact) mass is 348 g/mol. The number of carbonyl (C=O) groups excluding carboxylic acids is 1. The molecule has 0 aliphatic heterocycles. The molecule has 0 fully saturated rings. The first-order valence-electron chi connectivity index (χ1n) is 8.80. The number of unbranched alkanes of at least 4 members (excludes halogenated alkanes) is 3. The highest BCUT2D eigenvalue weighted by Crippen LogP contribution is 2.18. The lowest BCUT2D eigenvalue weighted by atomic mass is 10.1. The molecule has 0 aliphatic carbocycles. The molecule has 1 aromatic carbocycles. The van der Waals surface area contributed by atoms with Crippen molar-refractivity contribution in [1.29, 1.82) is 0 Å². The van der Waals surface area contributed by atoms with Crippen molar-refractivity contribution in [2.45, 2.75) is 58.5 Å². The van der Waals surface area contributed by atoms with E-state index >= 15 is 0 Å². The number of rotatable bonds is 8. The second-order valence-electron chi connectivity index (χ2n) is 7.27. The summed E-state index contributed by atoms with van der Waals surface area (Å²) in [5, 5.41) is 0. The van der Waals surface area contributed by atoms with Gasteiger partial charge in [0.05, 0.1) is 17.6 Å². The third-order valence-corrected chi connectivity index (χ3v) is 3.84. The zero-order valence-corrected chi connectivity index (χ0v) is 15.6. The van der Waals surface area contributed by atoms with Gasteiger partial charge in [-0.2, -0.15) is 0 Å². The quantitative estimate of drug-likeness (QED) is 0.585. The first kappa shape index (κ1) is 19.1. The molecular formula is C19H28N2O4. The summed E-state index contributed by atoms with van der Waals surface area (Å²) < 4.78 is 12.6. The lowest BCUT2D eigenvalue weighted by Gasteiger charge is -2.19. The number of hydrogen-bond acceptors (Lipinski definition) is 4. The Labute approximate surface area is 148 Å². The van der Waals surface area contributed by atoms with Gasteiger partial charge < -0.3 is 14.5 Å². The Balaban J connectivity index is 1.64. The molecule has 0 aliphatic rings. The number of ether oxygens (including phenoxy) is 2. The molecule has 0 bridgehead atoms. The van der Waals surface area contributed by atoms with Crippen LogP contribution in [0.2, 0.25) is 0 Å². The number of hydrogen-bond donors (Lipinski definition) is 1. The van der Waals surface area contributed by atoms with E-state index in [0.717, 1.165) is 42.5 Å². The maximum absolute atomic E-state index is 11.6. The third-order valence-electron chi connectivity index (χ3n) is 3.84. The molecule has 1 heterocycles. The van der Waals surface area contributed by atoms with Crippen LogP contribution in [0.1, 0.15) is 52.9 Å². The maximum Gasteiger partial charge on any atom is 0.326 e.